The zero-order valence-electron chi connectivity index (χ0n) is 24.8. The van der Waals surface area contributed by atoms with Crippen molar-refractivity contribution in [1.82, 2.24) is 9.80 Å². The molecule has 2 aromatic rings. The van der Waals surface area contributed by atoms with Crippen LogP contribution in [0.25, 0.3) is 0 Å². The van der Waals surface area contributed by atoms with Crippen molar-refractivity contribution in [2.24, 2.45) is 5.92 Å². The number of amides is 2. The molecule has 3 aliphatic rings. The Morgan fingerprint density at radius 2 is 1.76 bits per heavy atom. The smallest absolute Gasteiger partial charge is 0.493 e. The number of imide groups is 1. The molecule has 5 rings (SSSR count). The zero-order valence-corrected chi connectivity index (χ0v) is 24.8. The van der Waals surface area contributed by atoms with Gasteiger partial charge in [0.05, 0.1) is 13.2 Å². The molecule has 0 aromatic heterocycles. The highest BCUT2D eigenvalue weighted by Gasteiger charge is 2.29. The minimum absolute atomic E-state index is 0.0925. The Bertz CT molecular complexity index is 1220. The molecule has 228 valence electrons. The van der Waals surface area contributed by atoms with Crippen molar-refractivity contribution in [3.63, 3.8) is 0 Å². The van der Waals surface area contributed by atoms with Crippen LogP contribution in [-0.4, -0.2) is 64.3 Å². The van der Waals surface area contributed by atoms with Crippen LogP contribution >= 0.6 is 0 Å². The van der Waals surface area contributed by atoms with E-state index in [0.29, 0.717) is 32.0 Å². The van der Waals surface area contributed by atoms with Crippen LogP contribution in [0.15, 0.2) is 36.4 Å². The van der Waals surface area contributed by atoms with Crippen molar-refractivity contribution in [2.75, 3.05) is 26.3 Å². The molecule has 2 heterocycles. The molecule has 2 amide bonds. The third-order valence-electron chi connectivity index (χ3n) is 8.50. The van der Waals surface area contributed by atoms with Gasteiger partial charge in [0, 0.05) is 38.4 Å². The predicted octanol–water partition coefficient (Wildman–Crippen LogP) is 6.21. The Balaban J connectivity index is 0.000000952. The van der Waals surface area contributed by atoms with Gasteiger partial charge in [0.2, 0.25) is 11.8 Å². The Morgan fingerprint density at radius 3 is 2.43 bits per heavy atom. The van der Waals surface area contributed by atoms with Gasteiger partial charge in [0.15, 0.2) is 0 Å². The maximum atomic E-state index is 11.9. The van der Waals surface area contributed by atoms with Crippen LogP contribution in [0.5, 0.6) is 11.5 Å². The Labute approximate surface area is 248 Å². The maximum Gasteiger partial charge on any atom is 0.503 e. The van der Waals surface area contributed by atoms with E-state index in [9.17, 15) is 9.59 Å². The summed E-state index contributed by atoms with van der Waals surface area (Å²) in [5.41, 5.74) is 5.11. The van der Waals surface area contributed by atoms with Crippen LogP contribution in [0.3, 0.4) is 0 Å². The third-order valence-corrected chi connectivity index (χ3v) is 8.50. The first kappa shape index (κ1) is 31.3. The van der Waals surface area contributed by atoms with Gasteiger partial charge in [0.25, 0.3) is 0 Å². The van der Waals surface area contributed by atoms with Gasteiger partial charge in [-0.3, -0.25) is 19.4 Å². The van der Waals surface area contributed by atoms with Crippen molar-refractivity contribution in [1.29, 1.82) is 0 Å². The number of fused-ring (bicyclic) bond motifs is 1. The lowest BCUT2D eigenvalue weighted by atomic mass is 9.88. The monoisotopic (exact) mass is 580 g/mol. The van der Waals surface area contributed by atoms with Crippen LogP contribution in [0.2, 0.25) is 0 Å². The van der Waals surface area contributed by atoms with E-state index in [4.69, 9.17) is 24.5 Å². The Kier molecular flexibility index (Phi) is 11.2. The molecule has 0 radical (unpaired) electrons. The van der Waals surface area contributed by atoms with Gasteiger partial charge in [-0.1, -0.05) is 50.5 Å². The van der Waals surface area contributed by atoms with E-state index in [2.05, 4.69) is 49.1 Å². The van der Waals surface area contributed by atoms with Gasteiger partial charge >= 0.3 is 6.16 Å². The van der Waals surface area contributed by atoms with Gasteiger partial charge in [-0.15, -0.1) is 0 Å². The highest BCUT2D eigenvalue weighted by Crippen LogP contribution is 2.35. The number of carboxylic acid groups (broad SMARTS) is 2. The first-order valence-corrected chi connectivity index (χ1v) is 15.2. The number of hydrogen-bond acceptors (Lipinski definition) is 6. The molecule has 2 N–H and O–H groups in total. The summed E-state index contributed by atoms with van der Waals surface area (Å²) in [7, 11) is 0. The zero-order chi connectivity index (χ0) is 30.1. The Hall–Kier alpha value is -3.59. The van der Waals surface area contributed by atoms with E-state index in [0.717, 1.165) is 55.5 Å². The molecule has 42 heavy (non-hydrogen) atoms. The largest absolute Gasteiger partial charge is 0.503 e. The normalized spacial score (nSPS) is 17.5. The van der Waals surface area contributed by atoms with E-state index >= 15 is 0 Å². The summed E-state index contributed by atoms with van der Waals surface area (Å²) in [5.74, 6) is 2.44. The number of aryl methyl sites for hydroxylation is 1. The molecule has 1 unspecified atom stereocenters. The van der Waals surface area contributed by atoms with Gasteiger partial charge in [-0.05, 0) is 66.5 Å². The van der Waals surface area contributed by atoms with Crippen LogP contribution in [-0.2, 0) is 22.6 Å². The number of rotatable bonds is 11. The van der Waals surface area contributed by atoms with E-state index in [-0.39, 0.29) is 11.8 Å². The van der Waals surface area contributed by atoms with Gasteiger partial charge in [0.1, 0.15) is 18.1 Å². The second-order valence-corrected chi connectivity index (χ2v) is 11.5. The number of likely N-dealkylation sites (tertiary alicyclic amines) is 1. The highest BCUT2D eigenvalue weighted by molar-refractivity contribution is 6.01. The summed E-state index contributed by atoms with van der Waals surface area (Å²) < 4.78 is 11.8. The highest BCUT2D eigenvalue weighted by atomic mass is 16.6. The molecule has 1 saturated carbocycles. The topological polar surface area (TPSA) is 117 Å². The van der Waals surface area contributed by atoms with Gasteiger partial charge in [-0.25, -0.2) is 4.79 Å². The Morgan fingerprint density at radius 1 is 1.05 bits per heavy atom. The van der Waals surface area contributed by atoms with E-state index in [1.54, 1.807) is 0 Å². The SMILES string of the molecule is CCC(c1ccc2c(c1)CCO2)N(Cc1ccc(OCCN2C(=O)CCC2=O)c(C)c1)CC1CCCCC1.O=C(O)O. The number of nitrogens with zero attached hydrogens (tertiary/aromatic N) is 2. The maximum absolute atomic E-state index is 11.9. The number of ether oxygens (including phenoxy) is 2. The lowest BCUT2D eigenvalue weighted by molar-refractivity contribution is -0.138. The molecule has 9 heteroatoms. The van der Waals surface area contributed by atoms with Crippen molar-refractivity contribution in [3.05, 3.63) is 58.7 Å². The minimum Gasteiger partial charge on any atom is -0.493 e. The third kappa shape index (κ3) is 8.47. The molecular formula is C33H44N2O7. The fourth-order valence-corrected chi connectivity index (χ4v) is 6.45. The van der Waals surface area contributed by atoms with Crippen LogP contribution in [0.1, 0.15) is 86.6 Å². The van der Waals surface area contributed by atoms with Crippen molar-refractivity contribution in [2.45, 2.75) is 84.2 Å². The molecule has 0 spiro atoms. The summed E-state index contributed by atoms with van der Waals surface area (Å²) in [5, 5.41) is 13.9. The lowest BCUT2D eigenvalue weighted by Crippen LogP contribution is -2.34. The van der Waals surface area contributed by atoms with E-state index in [1.165, 1.54) is 53.7 Å². The summed E-state index contributed by atoms with van der Waals surface area (Å²) in [6, 6.07) is 13.6. The number of carbonyl (C=O) groups excluding carboxylic acids is 2. The average molecular weight is 581 g/mol. The van der Waals surface area contributed by atoms with Crippen LogP contribution in [0, 0.1) is 12.8 Å². The van der Waals surface area contributed by atoms with Gasteiger partial charge in [-0.2, -0.15) is 0 Å². The fourth-order valence-electron chi connectivity index (χ4n) is 6.45. The standard InChI is InChI=1S/C32H42N2O4.CH2O3/c1-3-28(26-10-12-30-27(20-26)15-17-37-30)33(21-24-7-5-4-6-8-24)22-25-9-11-29(23(2)19-25)38-18-16-34-31(35)13-14-32(34)36;2-1(3)4/h9-12,19-20,24,28H,3-8,13-18,21-22H2,1-2H3;(H2,2,3,4). The molecule has 1 saturated heterocycles. The van der Waals surface area contributed by atoms with Crippen LogP contribution < -0.4 is 9.47 Å². The number of hydrogen-bond donors (Lipinski definition) is 2. The lowest BCUT2D eigenvalue weighted by Gasteiger charge is -2.36. The number of carbonyl (C=O) groups is 3. The molecule has 0 bridgehead atoms. The second-order valence-electron chi connectivity index (χ2n) is 11.5. The first-order valence-electron chi connectivity index (χ1n) is 15.2. The molecule has 2 aliphatic heterocycles. The van der Waals surface area contributed by atoms with Crippen molar-refractivity contribution in [3.8, 4) is 11.5 Å². The second kappa shape index (κ2) is 15.0. The fraction of sp³-hybridized carbons (Fsp3) is 0.545. The molecule has 1 aliphatic carbocycles. The summed E-state index contributed by atoms with van der Waals surface area (Å²) in [4.78, 5) is 36.3. The summed E-state index contributed by atoms with van der Waals surface area (Å²) in [6.07, 6.45) is 7.63. The first-order chi connectivity index (χ1) is 20.2. The van der Waals surface area contributed by atoms with Gasteiger partial charge < -0.3 is 19.7 Å². The average Bonchev–Trinajstić information content (AvgIpc) is 3.56. The van der Waals surface area contributed by atoms with Crippen molar-refractivity contribution >= 4 is 18.0 Å². The number of benzene rings is 2. The molecule has 9 nitrogen and oxygen atoms in total. The van der Waals surface area contributed by atoms with E-state index in [1.807, 2.05) is 6.07 Å². The molecular weight excluding hydrogens is 536 g/mol. The van der Waals surface area contributed by atoms with Crippen molar-refractivity contribution < 1.29 is 34.1 Å². The predicted molar refractivity (Wildman–Crippen MR) is 159 cm³/mol. The minimum atomic E-state index is -1.83. The quantitative estimate of drug-likeness (QED) is 0.301. The molecule has 2 fully saturated rings. The molecule has 2 aromatic carbocycles. The van der Waals surface area contributed by atoms with E-state index < -0.39 is 6.16 Å². The summed E-state index contributed by atoms with van der Waals surface area (Å²) >= 11 is 0. The van der Waals surface area contributed by atoms with Crippen LogP contribution in [0.4, 0.5) is 4.79 Å². The molecule has 1 atom stereocenters. The summed E-state index contributed by atoms with van der Waals surface area (Å²) in [6.45, 7) is 7.85.